The summed E-state index contributed by atoms with van der Waals surface area (Å²) in [6.45, 7) is 5.56. The molecule has 5 heteroatoms. The van der Waals surface area contributed by atoms with Crippen LogP contribution in [-0.4, -0.2) is 47.8 Å². The van der Waals surface area contributed by atoms with Crippen molar-refractivity contribution in [3.63, 3.8) is 0 Å². The van der Waals surface area contributed by atoms with Crippen LogP contribution >= 0.6 is 11.6 Å². The van der Waals surface area contributed by atoms with Gasteiger partial charge >= 0.3 is 0 Å². The number of ether oxygens (including phenoxy) is 1. The number of hydrogen-bond acceptors (Lipinski definition) is 3. The summed E-state index contributed by atoms with van der Waals surface area (Å²) in [5.74, 6) is 0.0510. The first-order valence-corrected chi connectivity index (χ1v) is 8.70. The Labute approximate surface area is 142 Å². The van der Waals surface area contributed by atoms with Crippen molar-refractivity contribution in [2.24, 2.45) is 5.92 Å². The predicted octanol–water partition coefficient (Wildman–Crippen LogP) is 2.96. The molecule has 0 unspecified atom stereocenters. The van der Waals surface area contributed by atoms with Crippen molar-refractivity contribution in [3.8, 4) is 0 Å². The average Bonchev–Trinajstić information content (AvgIpc) is 2.96. The van der Waals surface area contributed by atoms with Gasteiger partial charge in [0, 0.05) is 12.5 Å². The Bertz CT molecular complexity index is 604. The number of aliphatic hydroxyl groups excluding tert-OH is 1. The quantitative estimate of drug-likeness (QED) is 0.902. The van der Waals surface area contributed by atoms with Gasteiger partial charge in [-0.2, -0.15) is 0 Å². The molecule has 1 heterocycles. The van der Waals surface area contributed by atoms with E-state index in [4.69, 9.17) is 16.3 Å². The number of morpholine rings is 1. The van der Waals surface area contributed by atoms with Gasteiger partial charge in [0.1, 0.15) is 0 Å². The minimum absolute atomic E-state index is 0.0505. The van der Waals surface area contributed by atoms with E-state index in [1.165, 1.54) is 0 Å². The number of aliphatic hydroxyl groups is 1. The number of carbonyl (C=O) groups excluding carboxylic acids is 1. The first-order valence-electron chi connectivity index (χ1n) is 8.32. The molecule has 126 valence electrons. The van der Waals surface area contributed by atoms with Gasteiger partial charge in [-0.3, -0.25) is 4.79 Å². The van der Waals surface area contributed by atoms with E-state index in [1.54, 1.807) is 0 Å². The molecule has 23 heavy (non-hydrogen) atoms. The number of rotatable bonds is 2. The van der Waals surface area contributed by atoms with Crippen LogP contribution < -0.4 is 0 Å². The lowest BCUT2D eigenvalue weighted by Crippen LogP contribution is -2.53. The van der Waals surface area contributed by atoms with E-state index in [-0.39, 0.29) is 24.0 Å². The van der Waals surface area contributed by atoms with Gasteiger partial charge in [-0.15, -0.1) is 0 Å². The zero-order chi connectivity index (χ0) is 16.6. The van der Waals surface area contributed by atoms with Crippen LogP contribution in [0, 0.1) is 19.8 Å². The highest BCUT2D eigenvalue weighted by molar-refractivity contribution is 6.34. The summed E-state index contributed by atoms with van der Waals surface area (Å²) in [5, 5.41) is 10.7. The first-order chi connectivity index (χ1) is 11.0. The van der Waals surface area contributed by atoms with Crippen molar-refractivity contribution in [3.05, 3.63) is 33.8 Å². The van der Waals surface area contributed by atoms with Gasteiger partial charge in [-0.25, -0.2) is 0 Å². The second-order valence-corrected chi connectivity index (χ2v) is 7.13. The van der Waals surface area contributed by atoms with Gasteiger partial charge in [0.05, 0.1) is 35.9 Å². The van der Waals surface area contributed by atoms with E-state index in [0.717, 1.165) is 30.4 Å². The highest BCUT2D eigenvalue weighted by atomic mass is 35.5. The molecule has 1 saturated carbocycles. The van der Waals surface area contributed by atoms with E-state index < -0.39 is 0 Å². The Morgan fingerprint density at radius 2 is 2.04 bits per heavy atom. The van der Waals surface area contributed by atoms with E-state index >= 15 is 0 Å². The fourth-order valence-electron chi connectivity index (χ4n) is 3.75. The molecule has 2 aliphatic rings. The molecule has 1 aliphatic heterocycles. The number of carbonyl (C=O) groups is 1. The van der Waals surface area contributed by atoms with E-state index in [2.05, 4.69) is 0 Å². The number of nitrogens with zero attached hydrogens (tertiary/aromatic N) is 1. The molecule has 0 spiro atoms. The highest BCUT2D eigenvalue weighted by Gasteiger charge is 2.40. The topological polar surface area (TPSA) is 49.8 Å². The standard InChI is InChI=1S/C18H24ClNO3/c1-11-8-14(15(19)9-12(11)2)18(22)20-6-7-23-10-16(20)13-4-3-5-17(13)21/h8-9,13,16-17,21H,3-7,10H2,1-2H3/t13-,16+,17+/m0/s1. The van der Waals surface area contributed by atoms with Crippen molar-refractivity contribution in [1.82, 2.24) is 4.90 Å². The third-order valence-electron chi connectivity index (χ3n) is 5.27. The molecule has 3 rings (SSSR count). The number of halogens is 1. The summed E-state index contributed by atoms with van der Waals surface area (Å²) in [6.07, 6.45) is 2.43. The Balaban J connectivity index is 1.88. The van der Waals surface area contributed by atoms with Crippen LogP contribution in [0.5, 0.6) is 0 Å². The molecule has 1 aromatic carbocycles. The predicted molar refractivity (Wildman–Crippen MR) is 89.9 cm³/mol. The van der Waals surface area contributed by atoms with Crippen molar-refractivity contribution >= 4 is 17.5 Å². The molecular weight excluding hydrogens is 314 g/mol. The second-order valence-electron chi connectivity index (χ2n) is 6.72. The van der Waals surface area contributed by atoms with Crippen molar-refractivity contribution in [2.75, 3.05) is 19.8 Å². The maximum Gasteiger partial charge on any atom is 0.255 e. The molecule has 3 atom stereocenters. The minimum Gasteiger partial charge on any atom is -0.393 e. The maximum atomic E-state index is 13.1. The molecule has 0 bridgehead atoms. The molecule has 0 radical (unpaired) electrons. The average molecular weight is 338 g/mol. The molecule has 1 saturated heterocycles. The van der Waals surface area contributed by atoms with Gasteiger partial charge in [0.25, 0.3) is 5.91 Å². The fourth-order valence-corrected chi connectivity index (χ4v) is 4.05. The summed E-state index contributed by atoms with van der Waals surface area (Å²) >= 11 is 6.32. The largest absolute Gasteiger partial charge is 0.393 e. The first kappa shape index (κ1) is 16.7. The lowest BCUT2D eigenvalue weighted by atomic mass is 9.93. The van der Waals surface area contributed by atoms with Gasteiger partial charge in [-0.1, -0.05) is 18.0 Å². The summed E-state index contributed by atoms with van der Waals surface area (Å²) in [4.78, 5) is 14.9. The van der Waals surface area contributed by atoms with Crippen LogP contribution in [0.2, 0.25) is 5.02 Å². The van der Waals surface area contributed by atoms with E-state index in [1.807, 2.05) is 30.9 Å². The molecule has 1 N–H and O–H groups in total. The Morgan fingerprint density at radius 3 is 2.74 bits per heavy atom. The summed E-state index contributed by atoms with van der Waals surface area (Å²) < 4.78 is 5.59. The van der Waals surface area contributed by atoms with Gasteiger partial charge in [0.2, 0.25) is 0 Å². The monoisotopic (exact) mass is 337 g/mol. The summed E-state index contributed by atoms with van der Waals surface area (Å²) in [6, 6.07) is 3.66. The Kier molecular flexibility index (Phi) is 4.95. The highest BCUT2D eigenvalue weighted by Crippen LogP contribution is 2.33. The van der Waals surface area contributed by atoms with Crippen LogP contribution in [-0.2, 0) is 4.74 Å². The number of amides is 1. The van der Waals surface area contributed by atoms with Gasteiger partial charge in [0.15, 0.2) is 0 Å². The van der Waals surface area contributed by atoms with Crippen molar-refractivity contribution in [2.45, 2.75) is 45.3 Å². The number of hydrogen-bond donors (Lipinski definition) is 1. The molecule has 4 nitrogen and oxygen atoms in total. The van der Waals surface area contributed by atoms with Crippen LogP contribution in [0.25, 0.3) is 0 Å². The number of aryl methyl sites for hydroxylation is 2. The molecule has 1 amide bonds. The van der Waals surface area contributed by atoms with E-state index in [0.29, 0.717) is 30.3 Å². The molecular formula is C18H24ClNO3. The normalized spacial score (nSPS) is 28.2. The lowest BCUT2D eigenvalue weighted by Gasteiger charge is -2.40. The Hall–Kier alpha value is -1.10. The van der Waals surface area contributed by atoms with Crippen LogP contribution in [0.15, 0.2) is 12.1 Å². The van der Waals surface area contributed by atoms with Gasteiger partial charge < -0.3 is 14.7 Å². The van der Waals surface area contributed by atoms with E-state index in [9.17, 15) is 9.90 Å². The zero-order valence-electron chi connectivity index (χ0n) is 13.7. The Morgan fingerprint density at radius 1 is 1.30 bits per heavy atom. The van der Waals surface area contributed by atoms with Gasteiger partial charge in [-0.05, 0) is 49.9 Å². The molecule has 0 aromatic heterocycles. The third-order valence-corrected chi connectivity index (χ3v) is 5.58. The number of benzene rings is 1. The van der Waals surface area contributed by atoms with Crippen LogP contribution in [0.4, 0.5) is 0 Å². The van der Waals surface area contributed by atoms with Crippen molar-refractivity contribution in [1.29, 1.82) is 0 Å². The lowest BCUT2D eigenvalue weighted by molar-refractivity contribution is -0.0383. The fraction of sp³-hybridized carbons (Fsp3) is 0.611. The maximum absolute atomic E-state index is 13.1. The summed E-state index contributed by atoms with van der Waals surface area (Å²) in [5.41, 5.74) is 2.69. The molecule has 1 aliphatic carbocycles. The zero-order valence-corrected chi connectivity index (χ0v) is 14.5. The third kappa shape index (κ3) is 3.25. The van der Waals surface area contributed by atoms with Crippen molar-refractivity contribution < 1.29 is 14.6 Å². The SMILES string of the molecule is Cc1cc(Cl)c(C(=O)N2CCOC[C@@H]2[C@@H]2CCC[C@H]2O)cc1C. The second kappa shape index (κ2) is 6.80. The minimum atomic E-state index is -0.341. The smallest absolute Gasteiger partial charge is 0.255 e. The van der Waals surface area contributed by atoms with Crippen LogP contribution in [0.3, 0.4) is 0 Å². The summed E-state index contributed by atoms with van der Waals surface area (Å²) in [7, 11) is 0. The van der Waals surface area contributed by atoms with Crippen LogP contribution in [0.1, 0.15) is 40.7 Å². The molecule has 1 aromatic rings. The molecule has 2 fully saturated rings.